The normalized spacial score (nSPS) is 39.3. The molecule has 0 radical (unpaired) electrons. The zero-order valence-corrected chi connectivity index (χ0v) is 7.07. The molecule has 2 nitrogen and oxygen atoms in total. The molecule has 0 bridgehead atoms. The second-order valence-corrected chi connectivity index (χ2v) is 3.82. The van der Waals surface area contributed by atoms with Gasteiger partial charge in [0.15, 0.2) is 0 Å². The Balaban J connectivity index is 1.94. The fourth-order valence-electron chi connectivity index (χ4n) is 2.22. The smallest absolute Gasteiger partial charge is 0.0648 e. The highest BCUT2D eigenvalue weighted by Gasteiger charge is 2.33. The topological polar surface area (TPSA) is 21.3 Å². The Bertz CT molecular complexity index is 104. The predicted molar refractivity (Wildman–Crippen MR) is 44.6 cm³/mol. The third kappa shape index (κ3) is 1.57. The van der Waals surface area contributed by atoms with Gasteiger partial charge in [-0.3, -0.25) is 0 Å². The van der Waals surface area contributed by atoms with E-state index in [0.29, 0.717) is 5.54 Å². The Morgan fingerprint density at radius 1 is 1.09 bits per heavy atom. The molecule has 2 heteroatoms. The second-order valence-electron chi connectivity index (χ2n) is 3.82. The predicted octanol–water partition coefficient (Wildman–Crippen LogP) is 1.31. The zero-order chi connectivity index (χ0) is 7.57. The number of rotatable bonds is 0. The number of piperidine rings is 1. The number of hydrogen-bond donors (Lipinski definition) is 1. The number of hydrogen-bond acceptors (Lipinski definition) is 2. The molecule has 2 rings (SSSR count). The van der Waals surface area contributed by atoms with E-state index in [9.17, 15) is 0 Å². The van der Waals surface area contributed by atoms with Crippen LogP contribution in [0, 0.1) is 0 Å². The Hall–Kier alpha value is -0.0800. The highest BCUT2D eigenvalue weighted by molar-refractivity contribution is 4.92. The molecule has 0 aromatic heterocycles. The van der Waals surface area contributed by atoms with Crippen molar-refractivity contribution in [2.75, 3.05) is 19.8 Å². The van der Waals surface area contributed by atoms with Crippen molar-refractivity contribution in [1.29, 1.82) is 0 Å². The average Bonchev–Trinajstić information content (AvgIpc) is 2.07. The maximum atomic E-state index is 5.50. The van der Waals surface area contributed by atoms with Crippen molar-refractivity contribution in [3.8, 4) is 0 Å². The van der Waals surface area contributed by atoms with Gasteiger partial charge in [0.2, 0.25) is 0 Å². The first-order chi connectivity index (χ1) is 5.41. The van der Waals surface area contributed by atoms with E-state index >= 15 is 0 Å². The lowest BCUT2D eigenvalue weighted by Gasteiger charge is -2.41. The van der Waals surface area contributed by atoms with Crippen molar-refractivity contribution in [2.45, 2.75) is 37.6 Å². The highest BCUT2D eigenvalue weighted by atomic mass is 16.5. The van der Waals surface area contributed by atoms with E-state index in [1.165, 1.54) is 38.6 Å². The molecular weight excluding hydrogens is 138 g/mol. The molecule has 0 aromatic carbocycles. The quantitative estimate of drug-likeness (QED) is 0.569. The molecule has 1 atom stereocenters. The molecule has 1 spiro atoms. The van der Waals surface area contributed by atoms with Gasteiger partial charge in [0.25, 0.3) is 0 Å². The summed E-state index contributed by atoms with van der Waals surface area (Å²) in [5.74, 6) is 0. The van der Waals surface area contributed by atoms with E-state index in [4.69, 9.17) is 4.74 Å². The minimum atomic E-state index is 0.385. The molecule has 0 amide bonds. The van der Waals surface area contributed by atoms with E-state index in [1.54, 1.807) is 0 Å². The van der Waals surface area contributed by atoms with Crippen LogP contribution in [0.5, 0.6) is 0 Å². The largest absolute Gasteiger partial charge is 0.380 e. The van der Waals surface area contributed by atoms with Crippen LogP contribution < -0.4 is 5.32 Å². The number of ether oxygens (including phenoxy) is 1. The SMILES string of the molecule is C1CCC2(CCCOC2)NC1. The highest BCUT2D eigenvalue weighted by Crippen LogP contribution is 2.27. The first kappa shape index (κ1) is 7.56. The molecule has 11 heavy (non-hydrogen) atoms. The van der Waals surface area contributed by atoms with Gasteiger partial charge in [-0.2, -0.15) is 0 Å². The van der Waals surface area contributed by atoms with Gasteiger partial charge in [0.1, 0.15) is 0 Å². The van der Waals surface area contributed by atoms with E-state index in [-0.39, 0.29) is 0 Å². The van der Waals surface area contributed by atoms with Crippen LogP contribution in [-0.2, 0) is 4.74 Å². The molecule has 2 fully saturated rings. The van der Waals surface area contributed by atoms with Crippen LogP contribution in [0.15, 0.2) is 0 Å². The Kier molecular flexibility index (Phi) is 2.14. The molecule has 2 heterocycles. The van der Waals surface area contributed by atoms with Crippen molar-refractivity contribution >= 4 is 0 Å². The molecular formula is C9H17NO. The Morgan fingerprint density at radius 3 is 2.64 bits per heavy atom. The third-order valence-corrected chi connectivity index (χ3v) is 2.90. The lowest BCUT2D eigenvalue weighted by atomic mass is 9.84. The van der Waals surface area contributed by atoms with Crippen molar-refractivity contribution in [3.63, 3.8) is 0 Å². The minimum absolute atomic E-state index is 0.385. The lowest BCUT2D eigenvalue weighted by Crippen LogP contribution is -2.53. The van der Waals surface area contributed by atoms with Crippen LogP contribution in [-0.4, -0.2) is 25.3 Å². The van der Waals surface area contributed by atoms with Crippen LogP contribution in [0.1, 0.15) is 32.1 Å². The Morgan fingerprint density at radius 2 is 2.00 bits per heavy atom. The molecule has 2 aliphatic heterocycles. The summed E-state index contributed by atoms with van der Waals surface area (Å²) >= 11 is 0. The average molecular weight is 155 g/mol. The monoisotopic (exact) mass is 155 g/mol. The van der Waals surface area contributed by atoms with Crippen molar-refractivity contribution in [2.24, 2.45) is 0 Å². The van der Waals surface area contributed by atoms with Crippen LogP contribution in [0.4, 0.5) is 0 Å². The molecule has 0 aliphatic carbocycles. The van der Waals surface area contributed by atoms with E-state index in [2.05, 4.69) is 5.32 Å². The van der Waals surface area contributed by atoms with Gasteiger partial charge in [0.05, 0.1) is 6.61 Å². The van der Waals surface area contributed by atoms with Crippen LogP contribution in [0.3, 0.4) is 0 Å². The standard InChI is InChI=1S/C9H17NO/c1-2-6-10-9(4-1)5-3-7-11-8-9/h10H,1-8H2. The first-order valence-corrected chi connectivity index (χ1v) is 4.74. The second kappa shape index (κ2) is 3.11. The van der Waals surface area contributed by atoms with Gasteiger partial charge in [-0.05, 0) is 32.2 Å². The van der Waals surface area contributed by atoms with Gasteiger partial charge in [0, 0.05) is 12.1 Å². The summed E-state index contributed by atoms with van der Waals surface area (Å²) in [7, 11) is 0. The third-order valence-electron chi connectivity index (χ3n) is 2.90. The summed E-state index contributed by atoms with van der Waals surface area (Å²) in [5, 5.41) is 3.61. The summed E-state index contributed by atoms with van der Waals surface area (Å²) in [6, 6.07) is 0. The molecule has 0 saturated carbocycles. The Labute approximate surface area is 68.3 Å². The van der Waals surface area contributed by atoms with Crippen molar-refractivity contribution < 1.29 is 4.74 Å². The lowest BCUT2D eigenvalue weighted by molar-refractivity contribution is 0.00801. The van der Waals surface area contributed by atoms with Crippen LogP contribution in [0.25, 0.3) is 0 Å². The molecule has 1 unspecified atom stereocenters. The van der Waals surface area contributed by atoms with E-state index in [1.807, 2.05) is 0 Å². The summed E-state index contributed by atoms with van der Waals surface area (Å²) in [4.78, 5) is 0. The van der Waals surface area contributed by atoms with Gasteiger partial charge >= 0.3 is 0 Å². The molecule has 64 valence electrons. The summed E-state index contributed by atoms with van der Waals surface area (Å²) in [6.07, 6.45) is 6.63. The van der Waals surface area contributed by atoms with Gasteiger partial charge in [-0.25, -0.2) is 0 Å². The summed E-state index contributed by atoms with van der Waals surface area (Å²) in [5.41, 5.74) is 0.385. The summed E-state index contributed by atoms with van der Waals surface area (Å²) in [6.45, 7) is 3.12. The molecule has 2 saturated heterocycles. The fraction of sp³-hybridized carbons (Fsp3) is 1.00. The van der Waals surface area contributed by atoms with E-state index < -0.39 is 0 Å². The zero-order valence-electron chi connectivity index (χ0n) is 7.07. The fourth-order valence-corrected chi connectivity index (χ4v) is 2.22. The van der Waals surface area contributed by atoms with Gasteiger partial charge in [-0.15, -0.1) is 0 Å². The first-order valence-electron chi connectivity index (χ1n) is 4.74. The maximum absolute atomic E-state index is 5.50. The summed E-state index contributed by atoms with van der Waals surface area (Å²) < 4.78 is 5.50. The molecule has 1 N–H and O–H groups in total. The van der Waals surface area contributed by atoms with Crippen LogP contribution >= 0.6 is 0 Å². The van der Waals surface area contributed by atoms with Gasteiger partial charge in [-0.1, -0.05) is 6.42 Å². The van der Waals surface area contributed by atoms with Crippen molar-refractivity contribution in [3.05, 3.63) is 0 Å². The number of nitrogens with one attached hydrogen (secondary N) is 1. The van der Waals surface area contributed by atoms with E-state index in [0.717, 1.165) is 13.2 Å². The molecule has 0 aromatic rings. The minimum Gasteiger partial charge on any atom is -0.380 e. The molecule has 2 aliphatic rings. The van der Waals surface area contributed by atoms with Crippen LogP contribution in [0.2, 0.25) is 0 Å². The van der Waals surface area contributed by atoms with Crippen molar-refractivity contribution in [1.82, 2.24) is 5.32 Å². The maximum Gasteiger partial charge on any atom is 0.0648 e. The van der Waals surface area contributed by atoms with Gasteiger partial charge < -0.3 is 10.1 Å².